The molecule has 100 valence electrons. The van der Waals surface area contributed by atoms with Gasteiger partial charge in [0.1, 0.15) is 0 Å². The Kier molecular flexibility index (Phi) is 5.21. The topological polar surface area (TPSA) is 40.5 Å². The molecule has 0 heterocycles. The van der Waals surface area contributed by atoms with E-state index in [0.29, 0.717) is 12.3 Å². The van der Waals surface area contributed by atoms with Crippen LogP contribution in [0.3, 0.4) is 0 Å². The summed E-state index contributed by atoms with van der Waals surface area (Å²) in [5.74, 6) is 0.410. The fourth-order valence-electron chi connectivity index (χ4n) is 2.82. The second-order valence-electron chi connectivity index (χ2n) is 6.09. The monoisotopic (exact) mass is 240 g/mol. The van der Waals surface area contributed by atoms with E-state index < -0.39 is 5.60 Å². The molecular weight excluding hydrogens is 212 g/mol. The van der Waals surface area contributed by atoms with Crippen molar-refractivity contribution >= 4 is 0 Å². The van der Waals surface area contributed by atoms with Gasteiger partial charge >= 0.3 is 0 Å². The Hall–Kier alpha value is -0.340. The number of hydrogen-bond donors (Lipinski definition) is 2. The summed E-state index contributed by atoms with van der Waals surface area (Å²) in [5.41, 5.74) is 0.133. The van der Waals surface area contributed by atoms with Crippen LogP contribution in [0.5, 0.6) is 0 Å². The molecule has 1 fully saturated rings. The number of aliphatic hydroxyl groups excluding tert-OH is 1. The molecule has 0 aromatic rings. The zero-order valence-electron chi connectivity index (χ0n) is 11.6. The van der Waals surface area contributed by atoms with Gasteiger partial charge in [0.25, 0.3) is 0 Å². The lowest BCUT2D eigenvalue weighted by Crippen LogP contribution is -2.39. The molecular formula is C15H28O2. The van der Waals surface area contributed by atoms with Crippen LogP contribution >= 0.6 is 0 Å². The highest BCUT2D eigenvalue weighted by Crippen LogP contribution is 2.33. The smallest absolute Gasteiger partial charge is 0.0706 e. The summed E-state index contributed by atoms with van der Waals surface area (Å²) in [7, 11) is 0. The van der Waals surface area contributed by atoms with Crippen molar-refractivity contribution in [1.82, 2.24) is 0 Å². The lowest BCUT2D eigenvalue weighted by molar-refractivity contribution is -0.0453. The van der Waals surface area contributed by atoms with Crippen LogP contribution in [0.2, 0.25) is 0 Å². The predicted molar refractivity (Wildman–Crippen MR) is 71.8 cm³/mol. The molecule has 0 spiro atoms. The lowest BCUT2D eigenvalue weighted by Gasteiger charge is -2.36. The predicted octanol–water partition coefficient (Wildman–Crippen LogP) is 3.28. The molecule has 0 aromatic carbocycles. The zero-order valence-corrected chi connectivity index (χ0v) is 11.6. The average molecular weight is 240 g/mol. The maximum Gasteiger partial charge on any atom is 0.0706 e. The highest BCUT2D eigenvalue weighted by atomic mass is 16.3. The third-order valence-corrected chi connectivity index (χ3v) is 4.49. The quantitative estimate of drug-likeness (QED) is 0.724. The highest BCUT2D eigenvalue weighted by molar-refractivity contribution is 5.03. The summed E-state index contributed by atoms with van der Waals surface area (Å²) in [6.45, 7) is 9.64. The number of aliphatic hydroxyl groups is 2. The Morgan fingerprint density at radius 1 is 1.35 bits per heavy atom. The molecule has 0 saturated heterocycles. The molecule has 1 saturated carbocycles. The minimum Gasteiger partial charge on any atom is -0.393 e. The second kappa shape index (κ2) is 6.01. The molecule has 0 radical (unpaired) electrons. The molecule has 3 atom stereocenters. The maximum atomic E-state index is 10.4. The summed E-state index contributed by atoms with van der Waals surface area (Å²) >= 11 is 0. The van der Waals surface area contributed by atoms with E-state index in [9.17, 15) is 10.2 Å². The largest absolute Gasteiger partial charge is 0.393 e. The van der Waals surface area contributed by atoms with Gasteiger partial charge in [-0.3, -0.25) is 0 Å². The molecule has 0 unspecified atom stereocenters. The normalized spacial score (nSPS) is 25.0. The summed E-state index contributed by atoms with van der Waals surface area (Å²) in [6.07, 6.45) is 6.05. The molecule has 1 rings (SSSR count). The van der Waals surface area contributed by atoms with E-state index in [1.165, 1.54) is 19.3 Å². The van der Waals surface area contributed by atoms with Crippen LogP contribution in [0.15, 0.2) is 12.2 Å². The van der Waals surface area contributed by atoms with Crippen molar-refractivity contribution in [2.24, 2.45) is 11.8 Å². The van der Waals surface area contributed by atoms with Crippen molar-refractivity contribution in [2.45, 2.75) is 71.0 Å². The van der Waals surface area contributed by atoms with E-state index in [2.05, 4.69) is 6.58 Å². The molecule has 2 N–H and O–H groups in total. The minimum absolute atomic E-state index is 0.0285. The van der Waals surface area contributed by atoms with Crippen molar-refractivity contribution in [3.05, 3.63) is 12.2 Å². The number of hydrogen-bond acceptors (Lipinski definition) is 2. The van der Waals surface area contributed by atoms with Crippen LogP contribution in [0.1, 0.15) is 59.3 Å². The van der Waals surface area contributed by atoms with Crippen molar-refractivity contribution in [3.8, 4) is 0 Å². The Balaban J connectivity index is 2.53. The summed E-state index contributed by atoms with van der Waals surface area (Å²) < 4.78 is 0. The standard InChI is InChI=1S/C15H28O2/c1-11(2)12(3)15(4,17)10-14(16)13-8-6-5-7-9-13/h12-14,16-17H,1,5-10H2,2-4H3/t12-,14-,15+/m0/s1. The van der Waals surface area contributed by atoms with Crippen molar-refractivity contribution in [1.29, 1.82) is 0 Å². The van der Waals surface area contributed by atoms with Gasteiger partial charge in [0.15, 0.2) is 0 Å². The summed E-state index contributed by atoms with van der Waals surface area (Å²) in [5, 5.41) is 20.7. The molecule has 2 heteroatoms. The molecule has 0 amide bonds. The van der Waals surface area contributed by atoms with E-state index in [1.807, 2.05) is 20.8 Å². The first kappa shape index (κ1) is 14.7. The maximum absolute atomic E-state index is 10.4. The van der Waals surface area contributed by atoms with E-state index in [4.69, 9.17) is 0 Å². The van der Waals surface area contributed by atoms with Crippen LogP contribution in [0, 0.1) is 11.8 Å². The van der Waals surface area contributed by atoms with E-state index in [-0.39, 0.29) is 12.0 Å². The second-order valence-corrected chi connectivity index (χ2v) is 6.09. The van der Waals surface area contributed by atoms with Gasteiger partial charge in [0.2, 0.25) is 0 Å². The third kappa shape index (κ3) is 4.11. The van der Waals surface area contributed by atoms with Crippen molar-refractivity contribution < 1.29 is 10.2 Å². The van der Waals surface area contributed by atoms with Gasteiger partial charge in [0, 0.05) is 12.3 Å². The van der Waals surface area contributed by atoms with Crippen LogP contribution in [-0.4, -0.2) is 21.9 Å². The van der Waals surface area contributed by atoms with Crippen LogP contribution in [-0.2, 0) is 0 Å². The first-order chi connectivity index (χ1) is 7.84. The molecule has 0 aromatic heterocycles. The van der Waals surface area contributed by atoms with Crippen LogP contribution in [0.25, 0.3) is 0 Å². The van der Waals surface area contributed by atoms with Crippen LogP contribution in [0.4, 0.5) is 0 Å². The van der Waals surface area contributed by atoms with Crippen molar-refractivity contribution in [3.63, 3.8) is 0 Å². The summed E-state index contributed by atoms with van der Waals surface area (Å²) in [4.78, 5) is 0. The molecule has 0 bridgehead atoms. The van der Waals surface area contributed by atoms with Gasteiger partial charge in [-0.1, -0.05) is 38.3 Å². The minimum atomic E-state index is -0.845. The van der Waals surface area contributed by atoms with Gasteiger partial charge < -0.3 is 10.2 Å². The number of rotatable bonds is 5. The Morgan fingerprint density at radius 3 is 2.35 bits per heavy atom. The van der Waals surface area contributed by atoms with Gasteiger partial charge in [-0.2, -0.15) is 0 Å². The van der Waals surface area contributed by atoms with Gasteiger partial charge in [0.05, 0.1) is 11.7 Å². The zero-order chi connectivity index (χ0) is 13.1. The first-order valence-corrected chi connectivity index (χ1v) is 6.90. The van der Waals surface area contributed by atoms with Crippen molar-refractivity contribution in [2.75, 3.05) is 0 Å². The summed E-state index contributed by atoms with van der Waals surface area (Å²) in [6, 6.07) is 0. The molecule has 1 aliphatic rings. The average Bonchev–Trinajstić information content (AvgIpc) is 2.28. The molecule has 0 aliphatic heterocycles. The van der Waals surface area contributed by atoms with Gasteiger partial charge in [-0.05, 0) is 32.6 Å². The molecule has 17 heavy (non-hydrogen) atoms. The third-order valence-electron chi connectivity index (χ3n) is 4.49. The Labute approximate surface area is 106 Å². The van der Waals surface area contributed by atoms with E-state index in [0.717, 1.165) is 18.4 Å². The Bertz CT molecular complexity index is 252. The van der Waals surface area contributed by atoms with Gasteiger partial charge in [-0.25, -0.2) is 0 Å². The first-order valence-electron chi connectivity index (χ1n) is 6.90. The van der Waals surface area contributed by atoms with Gasteiger partial charge in [-0.15, -0.1) is 0 Å². The Morgan fingerprint density at radius 2 is 1.88 bits per heavy atom. The molecule has 2 nitrogen and oxygen atoms in total. The highest BCUT2D eigenvalue weighted by Gasteiger charge is 2.34. The fraction of sp³-hybridized carbons (Fsp3) is 0.867. The van der Waals surface area contributed by atoms with Crippen LogP contribution < -0.4 is 0 Å². The molecule has 1 aliphatic carbocycles. The lowest BCUT2D eigenvalue weighted by atomic mass is 9.76. The van der Waals surface area contributed by atoms with E-state index in [1.54, 1.807) is 0 Å². The van der Waals surface area contributed by atoms with E-state index >= 15 is 0 Å². The SMILES string of the molecule is C=C(C)[C@H](C)[C@](C)(O)C[C@H](O)C1CCCCC1. The fourth-order valence-corrected chi connectivity index (χ4v) is 2.82.